The molecular formula is C21H25N7O. The zero-order valence-electron chi connectivity index (χ0n) is 17.0. The molecule has 0 spiro atoms. The van der Waals surface area contributed by atoms with E-state index in [0.717, 1.165) is 48.1 Å². The lowest BCUT2D eigenvalue weighted by atomic mass is 9.97. The number of aryl methyl sites for hydroxylation is 3. The third-order valence-electron chi connectivity index (χ3n) is 5.12. The van der Waals surface area contributed by atoms with Gasteiger partial charge in [-0.05, 0) is 51.8 Å². The van der Waals surface area contributed by atoms with Crippen molar-refractivity contribution in [3.63, 3.8) is 0 Å². The Morgan fingerprint density at radius 2 is 1.93 bits per heavy atom. The molecule has 0 aromatic carbocycles. The molecular weight excluding hydrogens is 366 g/mol. The van der Waals surface area contributed by atoms with Crippen LogP contribution < -0.4 is 10.2 Å². The van der Waals surface area contributed by atoms with Crippen molar-refractivity contribution in [1.29, 1.82) is 0 Å². The van der Waals surface area contributed by atoms with E-state index in [-0.39, 0.29) is 11.8 Å². The molecule has 1 fully saturated rings. The van der Waals surface area contributed by atoms with E-state index in [2.05, 4.69) is 30.3 Å². The minimum atomic E-state index is -0.113. The van der Waals surface area contributed by atoms with E-state index in [1.54, 1.807) is 6.33 Å². The second-order valence-corrected chi connectivity index (χ2v) is 7.51. The van der Waals surface area contributed by atoms with Crippen LogP contribution in [0.3, 0.4) is 0 Å². The first kappa shape index (κ1) is 19.0. The largest absolute Gasteiger partial charge is 0.356 e. The summed E-state index contributed by atoms with van der Waals surface area (Å²) < 4.78 is 1.82. The number of hydrogen-bond acceptors (Lipinski definition) is 6. The maximum atomic E-state index is 12.8. The summed E-state index contributed by atoms with van der Waals surface area (Å²) in [7, 11) is 0. The summed E-state index contributed by atoms with van der Waals surface area (Å²) in [6.07, 6.45) is 3.34. The standard InChI is InChI=1S/C21H25N7O/c1-14-6-4-8-18(24-14)25-21(29)17-7-5-9-27(12-17)19-11-20(23-13-22-19)28-16(3)10-15(2)26-28/h4,6,8,10-11,13,17H,5,7,9,12H2,1-3H3,(H,24,25,29). The summed E-state index contributed by atoms with van der Waals surface area (Å²) >= 11 is 0. The van der Waals surface area contributed by atoms with Gasteiger partial charge in [-0.3, -0.25) is 4.79 Å². The molecule has 0 aliphatic carbocycles. The molecule has 1 unspecified atom stereocenters. The fraction of sp³-hybridized carbons (Fsp3) is 0.381. The highest BCUT2D eigenvalue weighted by Crippen LogP contribution is 2.24. The first-order valence-electron chi connectivity index (χ1n) is 9.85. The lowest BCUT2D eigenvalue weighted by Crippen LogP contribution is -2.41. The number of piperidine rings is 1. The molecule has 29 heavy (non-hydrogen) atoms. The van der Waals surface area contributed by atoms with Crippen LogP contribution in [-0.2, 0) is 4.79 Å². The highest BCUT2D eigenvalue weighted by atomic mass is 16.2. The van der Waals surface area contributed by atoms with Gasteiger partial charge in [0.25, 0.3) is 0 Å². The number of hydrogen-bond donors (Lipinski definition) is 1. The van der Waals surface area contributed by atoms with Crippen molar-refractivity contribution < 1.29 is 4.79 Å². The molecule has 4 heterocycles. The fourth-order valence-corrected chi connectivity index (χ4v) is 3.73. The number of nitrogens with zero attached hydrogens (tertiary/aromatic N) is 6. The van der Waals surface area contributed by atoms with Crippen molar-refractivity contribution in [3.05, 3.63) is 53.7 Å². The minimum absolute atomic E-state index is 0.000579. The van der Waals surface area contributed by atoms with Gasteiger partial charge in [-0.15, -0.1) is 0 Å². The Bertz CT molecular complexity index is 1030. The van der Waals surface area contributed by atoms with Gasteiger partial charge in [0.1, 0.15) is 18.0 Å². The molecule has 1 aliphatic heterocycles. The summed E-state index contributed by atoms with van der Waals surface area (Å²) in [5, 5.41) is 7.45. The Morgan fingerprint density at radius 1 is 1.10 bits per heavy atom. The van der Waals surface area contributed by atoms with Crippen molar-refractivity contribution in [2.45, 2.75) is 33.6 Å². The Kier molecular flexibility index (Phi) is 5.24. The van der Waals surface area contributed by atoms with Crippen LogP contribution in [0, 0.1) is 26.7 Å². The molecule has 150 valence electrons. The number of carbonyl (C=O) groups excluding carboxylic acids is 1. The molecule has 0 radical (unpaired) electrons. The average molecular weight is 391 g/mol. The molecule has 8 nitrogen and oxygen atoms in total. The first-order valence-corrected chi connectivity index (χ1v) is 9.85. The molecule has 1 saturated heterocycles. The van der Waals surface area contributed by atoms with Gasteiger partial charge in [0.15, 0.2) is 5.82 Å². The molecule has 3 aromatic rings. The van der Waals surface area contributed by atoms with E-state index in [0.29, 0.717) is 12.4 Å². The normalized spacial score (nSPS) is 16.7. The number of carbonyl (C=O) groups is 1. The smallest absolute Gasteiger partial charge is 0.230 e. The van der Waals surface area contributed by atoms with Gasteiger partial charge in [0.05, 0.1) is 11.6 Å². The van der Waals surface area contributed by atoms with E-state index in [9.17, 15) is 4.79 Å². The van der Waals surface area contributed by atoms with Crippen LogP contribution in [0.1, 0.15) is 29.9 Å². The lowest BCUT2D eigenvalue weighted by Gasteiger charge is -2.32. The van der Waals surface area contributed by atoms with Crippen LogP contribution in [0.2, 0.25) is 0 Å². The van der Waals surface area contributed by atoms with Crippen molar-refractivity contribution in [2.75, 3.05) is 23.3 Å². The number of pyridine rings is 1. The Balaban J connectivity index is 1.49. The van der Waals surface area contributed by atoms with Gasteiger partial charge in [-0.25, -0.2) is 19.6 Å². The first-order chi connectivity index (χ1) is 14.0. The number of aromatic nitrogens is 5. The van der Waals surface area contributed by atoms with Gasteiger partial charge < -0.3 is 10.2 Å². The Morgan fingerprint density at radius 3 is 2.69 bits per heavy atom. The maximum absolute atomic E-state index is 12.8. The third-order valence-corrected chi connectivity index (χ3v) is 5.12. The number of amides is 1. The van der Waals surface area contributed by atoms with Crippen LogP contribution in [0.15, 0.2) is 36.7 Å². The SMILES string of the molecule is Cc1cccc(NC(=O)C2CCCN(c3cc(-n4nc(C)cc4C)ncn3)C2)n1. The molecule has 1 N–H and O–H groups in total. The van der Waals surface area contributed by atoms with Gasteiger partial charge in [0, 0.05) is 30.5 Å². The molecule has 8 heteroatoms. The monoisotopic (exact) mass is 391 g/mol. The molecule has 1 atom stereocenters. The lowest BCUT2D eigenvalue weighted by molar-refractivity contribution is -0.120. The molecule has 1 aliphatic rings. The van der Waals surface area contributed by atoms with E-state index >= 15 is 0 Å². The fourth-order valence-electron chi connectivity index (χ4n) is 3.73. The van der Waals surface area contributed by atoms with Gasteiger partial charge in [-0.2, -0.15) is 5.10 Å². The van der Waals surface area contributed by atoms with Crippen LogP contribution in [0.5, 0.6) is 0 Å². The zero-order chi connectivity index (χ0) is 20.4. The summed E-state index contributed by atoms with van der Waals surface area (Å²) in [5.74, 6) is 2.03. The molecule has 3 aromatic heterocycles. The number of anilines is 2. The highest BCUT2D eigenvalue weighted by Gasteiger charge is 2.27. The van der Waals surface area contributed by atoms with Crippen LogP contribution in [0.25, 0.3) is 5.82 Å². The van der Waals surface area contributed by atoms with E-state index in [4.69, 9.17) is 0 Å². The van der Waals surface area contributed by atoms with Crippen LogP contribution in [-0.4, -0.2) is 43.7 Å². The third kappa shape index (κ3) is 4.26. The van der Waals surface area contributed by atoms with Crippen molar-refractivity contribution in [3.8, 4) is 5.82 Å². The summed E-state index contributed by atoms with van der Waals surface area (Å²) in [5.41, 5.74) is 2.85. The quantitative estimate of drug-likeness (QED) is 0.736. The summed E-state index contributed by atoms with van der Waals surface area (Å²) in [4.78, 5) is 28.1. The van der Waals surface area contributed by atoms with Crippen LogP contribution >= 0.6 is 0 Å². The second-order valence-electron chi connectivity index (χ2n) is 7.51. The molecule has 0 saturated carbocycles. The number of rotatable bonds is 4. The Labute approximate surface area is 170 Å². The number of nitrogens with one attached hydrogen (secondary N) is 1. The van der Waals surface area contributed by atoms with Crippen molar-refractivity contribution in [2.24, 2.45) is 5.92 Å². The predicted octanol–water partition coefficient (Wildman–Crippen LogP) is 2.84. The van der Waals surface area contributed by atoms with Gasteiger partial charge >= 0.3 is 0 Å². The Hall–Kier alpha value is -3.29. The van der Waals surface area contributed by atoms with Gasteiger partial charge in [-0.1, -0.05) is 6.07 Å². The van der Waals surface area contributed by atoms with Gasteiger partial charge in [0.2, 0.25) is 5.91 Å². The molecule has 1 amide bonds. The molecule has 0 bridgehead atoms. The topological polar surface area (TPSA) is 88.8 Å². The van der Waals surface area contributed by atoms with E-state index in [1.807, 2.05) is 55.8 Å². The highest BCUT2D eigenvalue weighted by molar-refractivity contribution is 5.92. The summed E-state index contributed by atoms with van der Waals surface area (Å²) in [6, 6.07) is 9.57. The van der Waals surface area contributed by atoms with Crippen molar-refractivity contribution in [1.82, 2.24) is 24.7 Å². The maximum Gasteiger partial charge on any atom is 0.230 e. The average Bonchev–Trinajstić information content (AvgIpc) is 3.06. The van der Waals surface area contributed by atoms with Crippen molar-refractivity contribution >= 4 is 17.5 Å². The van der Waals surface area contributed by atoms with Crippen LogP contribution in [0.4, 0.5) is 11.6 Å². The predicted molar refractivity (Wildman–Crippen MR) is 111 cm³/mol. The zero-order valence-corrected chi connectivity index (χ0v) is 17.0. The van der Waals surface area contributed by atoms with E-state index < -0.39 is 0 Å². The molecule has 4 rings (SSSR count). The summed E-state index contributed by atoms with van der Waals surface area (Å²) in [6.45, 7) is 7.35. The second kappa shape index (κ2) is 7.98. The minimum Gasteiger partial charge on any atom is -0.356 e. The van der Waals surface area contributed by atoms with E-state index in [1.165, 1.54) is 0 Å².